The molecule has 5 heteroatoms. The van der Waals surface area contributed by atoms with Crippen LogP contribution in [0.1, 0.15) is 19.8 Å². The van der Waals surface area contributed by atoms with Gasteiger partial charge in [0.05, 0.1) is 0 Å². The van der Waals surface area contributed by atoms with Gasteiger partial charge in [-0.25, -0.2) is 0 Å². The zero-order chi connectivity index (χ0) is 14.8. The number of hydrogen-bond acceptors (Lipinski definition) is 4. The summed E-state index contributed by atoms with van der Waals surface area (Å²) in [7, 11) is 0. The lowest BCUT2D eigenvalue weighted by Gasteiger charge is -2.38. The molecule has 2 aliphatic rings. The predicted octanol–water partition coefficient (Wildman–Crippen LogP) is 1.41. The minimum atomic E-state index is -0.549. The number of carbonyl (C=O) groups is 1. The second-order valence-corrected chi connectivity index (χ2v) is 5.77. The lowest BCUT2D eigenvalue weighted by molar-refractivity contribution is -0.143. The monoisotopic (exact) mass is 290 g/mol. The summed E-state index contributed by atoms with van der Waals surface area (Å²) >= 11 is 0. The second-order valence-electron chi connectivity index (χ2n) is 5.77. The van der Waals surface area contributed by atoms with Crippen LogP contribution >= 0.6 is 0 Å². The average Bonchev–Trinajstić information content (AvgIpc) is 2.54. The highest BCUT2D eigenvalue weighted by Crippen LogP contribution is 2.31. The number of ether oxygens (including phenoxy) is 2. The van der Waals surface area contributed by atoms with Crippen LogP contribution in [0.2, 0.25) is 0 Å². The van der Waals surface area contributed by atoms with E-state index in [9.17, 15) is 4.79 Å². The van der Waals surface area contributed by atoms with Gasteiger partial charge in [-0.1, -0.05) is 25.5 Å². The van der Waals surface area contributed by atoms with E-state index >= 15 is 0 Å². The van der Waals surface area contributed by atoms with E-state index < -0.39 is 6.10 Å². The maximum absolute atomic E-state index is 12.6. The highest BCUT2D eigenvalue weighted by molar-refractivity contribution is 5.82. The van der Waals surface area contributed by atoms with Gasteiger partial charge in [0.1, 0.15) is 6.61 Å². The Balaban J connectivity index is 1.67. The van der Waals surface area contributed by atoms with Gasteiger partial charge in [-0.05, 0) is 24.5 Å². The molecule has 0 aliphatic carbocycles. The molecule has 1 aromatic rings. The van der Waals surface area contributed by atoms with Gasteiger partial charge < -0.3 is 20.1 Å². The van der Waals surface area contributed by atoms with Crippen LogP contribution in [0.5, 0.6) is 11.5 Å². The summed E-state index contributed by atoms with van der Waals surface area (Å²) in [5, 5.41) is 0. The Morgan fingerprint density at radius 3 is 2.90 bits per heavy atom. The normalized spacial score (nSPS) is 28.3. The van der Waals surface area contributed by atoms with E-state index in [1.54, 1.807) is 0 Å². The topological polar surface area (TPSA) is 64.8 Å². The first-order chi connectivity index (χ1) is 10.2. The largest absolute Gasteiger partial charge is 0.485 e. The van der Waals surface area contributed by atoms with E-state index in [1.165, 1.54) is 0 Å². The fourth-order valence-electron chi connectivity index (χ4n) is 3.03. The van der Waals surface area contributed by atoms with Crippen LogP contribution in [0.4, 0.5) is 0 Å². The number of benzene rings is 1. The molecule has 2 heterocycles. The average molecular weight is 290 g/mol. The highest BCUT2D eigenvalue weighted by atomic mass is 16.6. The summed E-state index contributed by atoms with van der Waals surface area (Å²) < 4.78 is 11.4. The molecule has 0 radical (unpaired) electrons. The van der Waals surface area contributed by atoms with E-state index in [2.05, 4.69) is 6.92 Å². The lowest BCUT2D eigenvalue weighted by atomic mass is 9.90. The number of fused-ring (bicyclic) bond motifs is 1. The van der Waals surface area contributed by atoms with Gasteiger partial charge in [0, 0.05) is 19.1 Å². The Hall–Kier alpha value is -1.75. The van der Waals surface area contributed by atoms with Crippen molar-refractivity contribution < 1.29 is 14.3 Å². The summed E-state index contributed by atoms with van der Waals surface area (Å²) in [4.78, 5) is 14.5. The summed E-state index contributed by atoms with van der Waals surface area (Å²) in [5.41, 5.74) is 6.10. The maximum atomic E-state index is 12.6. The van der Waals surface area contributed by atoms with Crippen molar-refractivity contribution >= 4 is 5.91 Å². The molecule has 0 bridgehead atoms. The van der Waals surface area contributed by atoms with Crippen LogP contribution in [0.25, 0.3) is 0 Å². The van der Waals surface area contributed by atoms with E-state index in [0.717, 1.165) is 19.4 Å². The third-order valence-electron chi connectivity index (χ3n) is 4.41. The molecule has 2 aliphatic heterocycles. The Kier molecular flexibility index (Phi) is 4.01. The molecular formula is C16H22N2O3. The molecule has 1 fully saturated rings. The fourth-order valence-corrected chi connectivity index (χ4v) is 3.03. The van der Waals surface area contributed by atoms with E-state index in [-0.39, 0.29) is 18.6 Å². The zero-order valence-corrected chi connectivity index (χ0v) is 12.3. The summed E-state index contributed by atoms with van der Waals surface area (Å²) in [6.07, 6.45) is 1.30. The van der Waals surface area contributed by atoms with Gasteiger partial charge in [-0.15, -0.1) is 0 Å². The smallest absolute Gasteiger partial charge is 0.267 e. The molecule has 0 saturated carbocycles. The molecule has 3 atom stereocenters. The third kappa shape index (κ3) is 2.83. The number of carbonyl (C=O) groups excluding carboxylic acids is 1. The van der Waals surface area contributed by atoms with Crippen molar-refractivity contribution in [1.82, 2.24) is 4.90 Å². The highest BCUT2D eigenvalue weighted by Gasteiger charge is 2.35. The van der Waals surface area contributed by atoms with Crippen LogP contribution in [0.3, 0.4) is 0 Å². The van der Waals surface area contributed by atoms with Crippen LogP contribution in [-0.4, -0.2) is 42.6 Å². The standard InChI is InChI=1S/C16H22N2O3/c1-2-11-9-18(8-7-12(11)17)16(19)15-10-20-13-5-3-4-6-14(13)21-15/h3-6,11-12,15H,2,7-10,17H2,1H3. The van der Waals surface area contributed by atoms with Gasteiger partial charge in [0.15, 0.2) is 11.5 Å². The number of amides is 1. The van der Waals surface area contributed by atoms with Crippen molar-refractivity contribution in [2.75, 3.05) is 19.7 Å². The fraction of sp³-hybridized carbons (Fsp3) is 0.562. The minimum absolute atomic E-state index is 0.00912. The molecule has 2 N–H and O–H groups in total. The summed E-state index contributed by atoms with van der Waals surface area (Å²) in [6, 6.07) is 7.65. The van der Waals surface area contributed by atoms with Gasteiger partial charge in [-0.2, -0.15) is 0 Å². The van der Waals surface area contributed by atoms with Gasteiger partial charge >= 0.3 is 0 Å². The van der Waals surface area contributed by atoms with Crippen molar-refractivity contribution in [3.63, 3.8) is 0 Å². The van der Waals surface area contributed by atoms with Crippen molar-refractivity contribution in [3.05, 3.63) is 24.3 Å². The van der Waals surface area contributed by atoms with Crippen LogP contribution in [-0.2, 0) is 4.79 Å². The van der Waals surface area contributed by atoms with Crippen LogP contribution in [0, 0.1) is 5.92 Å². The molecule has 1 saturated heterocycles. The number of hydrogen-bond donors (Lipinski definition) is 1. The predicted molar refractivity (Wildman–Crippen MR) is 79.3 cm³/mol. The summed E-state index contributed by atoms with van der Waals surface area (Å²) in [6.45, 7) is 3.82. The van der Waals surface area contributed by atoms with Crippen molar-refractivity contribution in [2.45, 2.75) is 31.9 Å². The number of nitrogens with two attached hydrogens (primary N) is 1. The van der Waals surface area contributed by atoms with Crippen molar-refractivity contribution in [2.24, 2.45) is 11.7 Å². The zero-order valence-electron chi connectivity index (χ0n) is 12.3. The Labute approximate surface area is 125 Å². The Morgan fingerprint density at radius 2 is 2.14 bits per heavy atom. The number of nitrogens with zero attached hydrogens (tertiary/aromatic N) is 1. The Bertz CT molecular complexity index is 520. The SMILES string of the molecule is CCC1CN(C(=O)C2COc3ccccc3O2)CCC1N. The molecule has 1 aromatic carbocycles. The van der Waals surface area contributed by atoms with Crippen LogP contribution < -0.4 is 15.2 Å². The Morgan fingerprint density at radius 1 is 1.38 bits per heavy atom. The molecule has 5 nitrogen and oxygen atoms in total. The van der Waals surface area contributed by atoms with E-state index in [1.807, 2.05) is 29.2 Å². The minimum Gasteiger partial charge on any atom is -0.485 e. The van der Waals surface area contributed by atoms with Gasteiger partial charge in [0.2, 0.25) is 6.10 Å². The molecule has 3 rings (SSSR count). The molecule has 114 valence electrons. The second kappa shape index (κ2) is 5.93. The molecular weight excluding hydrogens is 268 g/mol. The molecule has 0 spiro atoms. The van der Waals surface area contributed by atoms with Gasteiger partial charge in [-0.3, -0.25) is 4.79 Å². The molecule has 21 heavy (non-hydrogen) atoms. The number of rotatable bonds is 2. The van der Waals surface area contributed by atoms with Crippen molar-refractivity contribution in [3.8, 4) is 11.5 Å². The quantitative estimate of drug-likeness (QED) is 0.894. The van der Waals surface area contributed by atoms with Crippen LogP contribution in [0.15, 0.2) is 24.3 Å². The number of para-hydroxylation sites is 2. The molecule has 1 amide bonds. The van der Waals surface area contributed by atoms with Gasteiger partial charge in [0.25, 0.3) is 5.91 Å². The maximum Gasteiger partial charge on any atom is 0.267 e. The van der Waals surface area contributed by atoms with Crippen molar-refractivity contribution in [1.29, 1.82) is 0 Å². The lowest BCUT2D eigenvalue weighted by Crippen LogP contribution is -2.54. The molecule has 0 aromatic heterocycles. The molecule has 3 unspecified atom stereocenters. The summed E-state index contributed by atoms with van der Waals surface area (Å²) in [5.74, 6) is 1.73. The first-order valence-electron chi connectivity index (χ1n) is 7.62. The van der Waals surface area contributed by atoms with E-state index in [0.29, 0.717) is 24.0 Å². The first kappa shape index (κ1) is 14.2. The number of likely N-dealkylation sites (tertiary alicyclic amines) is 1. The van der Waals surface area contributed by atoms with E-state index in [4.69, 9.17) is 15.2 Å². The first-order valence-corrected chi connectivity index (χ1v) is 7.62. The number of piperidine rings is 1. The third-order valence-corrected chi connectivity index (χ3v) is 4.41.